The van der Waals surface area contributed by atoms with Crippen LogP contribution in [0.3, 0.4) is 0 Å². The first kappa shape index (κ1) is 12.1. The first-order chi connectivity index (χ1) is 7.88. The van der Waals surface area contributed by atoms with Gasteiger partial charge in [-0.3, -0.25) is 0 Å². The van der Waals surface area contributed by atoms with Crippen molar-refractivity contribution in [3.63, 3.8) is 0 Å². The Morgan fingerprint density at radius 2 is 1.71 bits per heavy atom. The lowest BCUT2D eigenvalue weighted by Crippen LogP contribution is -2.07. The van der Waals surface area contributed by atoms with Crippen LogP contribution in [0.5, 0.6) is 0 Å². The van der Waals surface area contributed by atoms with E-state index in [1.807, 2.05) is 6.07 Å². The Labute approximate surface area is 105 Å². The van der Waals surface area contributed by atoms with E-state index in [-0.39, 0.29) is 11.2 Å². The highest BCUT2D eigenvalue weighted by Gasteiger charge is 2.19. The van der Waals surface area contributed by atoms with Crippen molar-refractivity contribution in [1.82, 2.24) is 0 Å². The molecule has 17 heavy (non-hydrogen) atoms. The van der Waals surface area contributed by atoms with E-state index in [0.29, 0.717) is 0 Å². The van der Waals surface area contributed by atoms with Gasteiger partial charge in [-0.25, -0.2) is 4.39 Å². The van der Waals surface area contributed by atoms with Crippen molar-refractivity contribution in [3.05, 3.63) is 41.0 Å². The molecular weight excluding hydrogens is 233 g/mol. The minimum absolute atomic E-state index is 0.0943. The van der Waals surface area contributed by atoms with E-state index in [4.69, 9.17) is 5.73 Å². The summed E-state index contributed by atoms with van der Waals surface area (Å²) in [5.74, 6) is -0.222. The van der Waals surface area contributed by atoms with Crippen LogP contribution in [0.25, 0.3) is 10.4 Å². The van der Waals surface area contributed by atoms with Crippen LogP contribution in [-0.2, 0) is 5.41 Å². The van der Waals surface area contributed by atoms with Gasteiger partial charge >= 0.3 is 0 Å². The maximum atomic E-state index is 12.9. The number of thiophene rings is 1. The van der Waals surface area contributed by atoms with Crippen molar-refractivity contribution in [2.24, 2.45) is 0 Å². The van der Waals surface area contributed by atoms with Crippen LogP contribution in [0.15, 0.2) is 30.3 Å². The molecule has 2 aromatic rings. The highest BCUT2D eigenvalue weighted by molar-refractivity contribution is 7.16. The zero-order chi connectivity index (χ0) is 12.6. The largest absolute Gasteiger partial charge is 0.398 e. The van der Waals surface area contributed by atoms with Crippen molar-refractivity contribution in [3.8, 4) is 10.4 Å². The molecule has 0 amide bonds. The molecule has 0 spiro atoms. The predicted octanol–water partition coefficient (Wildman–Crippen LogP) is 4.43. The standard InChI is InChI=1S/C14H16FNS/c1-14(2,3)12-8-11(16)13(17-12)9-4-6-10(15)7-5-9/h4-8H,16H2,1-3H3. The monoisotopic (exact) mass is 249 g/mol. The number of rotatable bonds is 1. The molecule has 0 fully saturated rings. The molecular formula is C14H16FNS. The van der Waals surface area contributed by atoms with Gasteiger partial charge in [0.15, 0.2) is 0 Å². The van der Waals surface area contributed by atoms with Crippen molar-refractivity contribution < 1.29 is 4.39 Å². The van der Waals surface area contributed by atoms with E-state index in [1.54, 1.807) is 23.5 Å². The molecule has 0 aliphatic carbocycles. The lowest BCUT2D eigenvalue weighted by atomic mass is 9.94. The van der Waals surface area contributed by atoms with Crippen LogP contribution in [0.2, 0.25) is 0 Å². The highest BCUT2D eigenvalue weighted by atomic mass is 32.1. The number of hydrogen-bond acceptors (Lipinski definition) is 2. The molecule has 0 unspecified atom stereocenters. The molecule has 2 N–H and O–H groups in total. The number of nitrogen functional groups attached to an aromatic ring is 1. The third-order valence-electron chi connectivity index (χ3n) is 2.61. The minimum Gasteiger partial charge on any atom is -0.398 e. The second kappa shape index (κ2) is 4.15. The van der Waals surface area contributed by atoms with Gasteiger partial charge < -0.3 is 5.73 Å². The molecule has 1 aromatic heterocycles. The summed E-state index contributed by atoms with van der Waals surface area (Å²) in [5.41, 5.74) is 7.87. The Bertz CT molecular complexity index is 520. The van der Waals surface area contributed by atoms with Gasteiger partial charge in [0.25, 0.3) is 0 Å². The second-order valence-corrected chi connectivity index (χ2v) is 6.20. The molecule has 0 atom stereocenters. The first-order valence-electron chi connectivity index (χ1n) is 5.53. The highest BCUT2D eigenvalue weighted by Crippen LogP contribution is 2.39. The van der Waals surface area contributed by atoms with Crippen molar-refractivity contribution in [2.45, 2.75) is 26.2 Å². The van der Waals surface area contributed by atoms with Crippen LogP contribution in [0.1, 0.15) is 25.6 Å². The van der Waals surface area contributed by atoms with E-state index < -0.39 is 0 Å². The molecule has 0 saturated heterocycles. The van der Waals surface area contributed by atoms with Gasteiger partial charge in [-0.1, -0.05) is 32.9 Å². The molecule has 0 aliphatic heterocycles. The van der Waals surface area contributed by atoms with Gasteiger partial charge in [-0.2, -0.15) is 0 Å². The maximum Gasteiger partial charge on any atom is 0.123 e. The van der Waals surface area contributed by atoms with Crippen LogP contribution in [0.4, 0.5) is 10.1 Å². The third kappa shape index (κ3) is 2.50. The minimum atomic E-state index is -0.222. The number of nitrogens with two attached hydrogens (primary N) is 1. The Hall–Kier alpha value is -1.35. The molecule has 0 bridgehead atoms. The van der Waals surface area contributed by atoms with Crippen LogP contribution < -0.4 is 5.73 Å². The molecule has 0 aliphatic rings. The normalized spacial score (nSPS) is 11.8. The Balaban J connectivity index is 2.46. The quantitative estimate of drug-likeness (QED) is 0.794. The number of halogens is 1. The summed E-state index contributed by atoms with van der Waals surface area (Å²) in [6.07, 6.45) is 0. The van der Waals surface area contributed by atoms with Gasteiger partial charge in [-0.05, 0) is 29.2 Å². The van der Waals surface area contributed by atoms with Crippen LogP contribution >= 0.6 is 11.3 Å². The summed E-state index contributed by atoms with van der Waals surface area (Å²) in [4.78, 5) is 2.27. The zero-order valence-corrected chi connectivity index (χ0v) is 11.1. The predicted molar refractivity (Wildman–Crippen MR) is 72.8 cm³/mol. The summed E-state index contributed by atoms with van der Waals surface area (Å²) >= 11 is 1.68. The number of anilines is 1. The fourth-order valence-electron chi connectivity index (χ4n) is 1.60. The molecule has 0 saturated carbocycles. The molecule has 90 valence electrons. The zero-order valence-electron chi connectivity index (χ0n) is 10.3. The Morgan fingerprint density at radius 1 is 1.12 bits per heavy atom. The summed E-state index contributed by atoms with van der Waals surface area (Å²) in [6, 6.07) is 8.48. The van der Waals surface area contributed by atoms with Crippen LogP contribution in [-0.4, -0.2) is 0 Å². The topological polar surface area (TPSA) is 26.0 Å². The van der Waals surface area contributed by atoms with Gasteiger partial charge in [0.05, 0.1) is 10.6 Å². The van der Waals surface area contributed by atoms with E-state index in [2.05, 4.69) is 20.8 Å². The number of hydrogen-bond donors (Lipinski definition) is 1. The van der Waals surface area contributed by atoms with E-state index in [1.165, 1.54) is 17.0 Å². The van der Waals surface area contributed by atoms with Crippen LogP contribution in [0, 0.1) is 5.82 Å². The van der Waals surface area contributed by atoms with Crippen molar-refractivity contribution >= 4 is 17.0 Å². The van der Waals surface area contributed by atoms with Crippen molar-refractivity contribution in [1.29, 1.82) is 0 Å². The van der Waals surface area contributed by atoms with E-state index in [0.717, 1.165) is 16.1 Å². The molecule has 3 heteroatoms. The molecule has 1 heterocycles. The maximum absolute atomic E-state index is 12.9. The molecule has 1 nitrogen and oxygen atoms in total. The average Bonchev–Trinajstić information content (AvgIpc) is 2.61. The lowest BCUT2D eigenvalue weighted by Gasteiger charge is -2.15. The Kier molecular flexibility index (Phi) is 2.96. The van der Waals surface area contributed by atoms with Gasteiger partial charge in [0, 0.05) is 4.88 Å². The SMILES string of the molecule is CC(C)(C)c1cc(N)c(-c2ccc(F)cc2)s1. The molecule has 2 rings (SSSR count). The summed E-state index contributed by atoms with van der Waals surface area (Å²) in [5, 5.41) is 0. The van der Waals surface area contributed by atoms with Gasteiger partial charge in [-0.15, -0.1) is 11.3 Å². The summed E-state index contributed by atoms with van der Waals surface area (Å²) in [7, 11) is 0. The summed E-state index contributed by atoms with van der Waals surface area (Å²) in [6.45, 7) is 6.48. The Morgan fingerprint density at radius 3 is 2.18 bits per heavy atom. The molecule has 1 aromatic carbocycles. The smallest absolute Gasteiger partial charge is 0.123 e. The first-order valence-corrected chi connectivity index (χ1v) is 6.35. The van der Waals surface area contributed by atoms with Crippen molar-refractivity contribution in [2.75, 3.05) is 5.73 Å². The van der Waals surface area contributed by atoms with E-state index >= 15 is 0 Å². The fourth-order valence-corrected chi connectivity index (χ4v) is 2.74. The summed E-state index contributed by atoms with van der Waals surface area (Å²) < 4.78 is 12.9. The van der Waals surface area contributed by atoms with E-state index in [9.17, 15) is 4.39 Å². The van der Waals surface area contributed by atoms with Gasteiger partial charge in [0.1, 0.15) is 5.82 Å². The third-order valence-corrected chi connectivity index (χ3v) is 4.23. The van der Waals surface area contributed by atoms with Gasteiger partial charge in [0.2, 0.25) is 0 Å². The molecule has 0 radical (unpaired) electrons. The number of benzene rings is 1. The lowest BCUT2D eigenvalue weighted by molar-refractivity contribution is 0.604. The second-order valence-electron chi connectivity index (χ2n) is 5.15. The fraction of sp³-hybridized carbons (Fsp3) is 0.286. The average molecular weight is 249 g/mol.